The second-order valence-corrected chi connectivity index (χ2v) is 8.65. The van der Waals surface area contributed by atoms with Crippen molar-refractivity contribution in [2.24, 2.45) is 7.05 Å². The lowest BCUT2D eigenvalue weighted by molar-refractivity contribution is 0.00652. The molecule has 7 nitrogen and oxygen atoms in total. The molecule has 2 saturated heterocycles. The number of fused-ring (bicyclic) bond motifs is 2. The Hall–Kier alpha value is -2.71. The van der Waals surface area contributed by atoms with Gasteiger partial charge in [0.05, 0.1) is 11.9 Å². The molecule has 2 unspecified atom stereocenters. The summed E-state index contributed by atoms with van der Waals surface area (Å²) in [5.41, 5.74) is 2.38. The van der Waals surface area contributed by atoms with Crippen LogP contribution in [0.4, 0.5) is 4.39 Å². The number of ether oxygens (including phenoxy) is 1. The highest BCUT2D eigenvalue weighted by Crippen LogP contribution is 2.38. The first-order valence-corrected chi connectivity index (χ1v) is 10.8. The van der Waals surface area contributed by atoms with Crippen molar-refractivity contribution in [1.29, 1.82) is 0 Å². The first-order chi connectivity index (χ1) is 15.0. The standard InChI is InChI=1S/C22H23ClFN5O2/c1-29-11-12(10-25-29)14-9-19(30)15(8-16(14)23)17-5-6-21(28-27-17)31-20-7-13-3-2-4-18(26-13)22(20)24/h5-6,8-11,13,18,20,22,26,30H,2-4,7H2,1H3/t13?,18?,20-,22+/m1/s1. The maximum absolute atomic E-state index is 14.7. The third-order valence-electron chi connectivity index (χ3n) is 6.06. The van der Waals surface area contributed by atoms with Crippen LogP contribution in [-0.2, 0) is 7.05 Å². The van der Waals surface area contributed by atoms with Crippen molar-refractivity contribution >= 4 is 11.6 Å². The van der Waals surface area contributed by atoms with Crippen molar-refractivity contribution in [2.45, 2.75) is 50.0 Å². The van der Waals surface area contributed by atoms with Crippen LogP contribution in [0.1, 0.15) is 25.7 Å². The topological polar surface area (TPSA) is 85.1 Å². The molecule has 4 atom stereocenters. The fraction of sp³-hybridized carbons (Fsp3) is 0.409. The molecule has 2 fully saturated rings. The third kappa shape index (κ3) is 3.97. The molecular weight excluding hydrogens is 421 g/mol. The molecule has 4 heterocycles. The van der Waals surface area contributed by atoms with Crippen LogP contribution in [0.25, 0.3) is 22.4 Å². The summed E-state index contributed by atoms with van der Waals surface area (Å²) in [4.78, 5) is 0. The quantitative estimate of drug-likeness (QED) is 0.636. The molecule has 0 spiro atoms. The van der Waals surface area contributed by atoms with Crippen molar-refractivity contribution in [3.05, 3.63) is 41.7 Å². The first-order valence-electron chi connectivity index (χ1n) is 10.4. The molecule has 2 bridgehead atoms. The Balaban J connectivity index is 1.35. The Bertz CT molecular complexity index is 1090. The number of aromatic nitrogens is 4. The van der Waals surface area contributed by atoms with E-state index in [9.17, 15) is 9.50 Å². The van der Waals surface area contributed by atoms with Crippen molar-refractivity contribution in [3.8, 4) is 34.0 Å². The number of benzene rings is 1. The van der Waals surface area contributed by atoms with Gasteiger partial charge in [-0.15, -0.1) is 10.2 Å². The van der Waals surface area contributed by atoms with Crippen molar-refractivity contribution in [3.63, 3.8) is 0 Å². The smallest absolute Gasteiger partial charge is 0.233 e. The van der Waals surface area contributed by atoms with E-state index in [1.54, 1.807) is 35.1 Å². The number of hydrogen-bond donors (Lipinski definition) is 2. The molecule has 0 amide bonds. The van der Waals surface area contributed by atoms with E-state index in [0.717, 1.165) is 24.8 Å². The largest absolute Gasteiger partial charge is 0.507 e. The molecule has 1 aromatic carbocycles. The van der Waals surface area contributed by atoms with Crippen LogP contribution in [0.15, 0.2) is 36.7 Å². The molecule has 0 saturated carbocycles. The van der Waals surface area contributed by atoms with Gasteiger partial charge in [0.15, 0.2) is 6.17 Å². The molecule has 2 aromatic heterocycles. The third-order valence-corrected chi connectivity index (χ3v) is 6.38. The van der Waals surface area contributed by atoms with Crippen LogP contribution in [0, 0.1) is 0 Å². The highest BCUT2D eigenvalue weighted by Gasteiger charge is 2.41. The number of rotatable bonds is 4. The fourth-order valence-electron chi connectivity index (χ4n) is 4.50. The number of phenols is 1. The van der Waals surface area contributed by atoms with Gasteiger partial charge in [0.2, 0.25) is 5.88 Å². The van der Waals surface area contributed by atoms with Crippen LogP contribution in [0.5, 0.6) is 11.6 Å². The van der Waals surface area contributed by atoms with E-state index in [-0.39, 0.29) is 17.7 Å². The summed E-state index contributed by atoms with van der Waals surface area (Å²) in [6.07, 6.45) is 5.45. The van der Waals surface area contributed by atoms with E-state index in [1.807, 2.05) is 13.2 Å². The van der Waals surface area contributed by atoms with Crippen LogP contribution >= 0.6 is 11.6 Å². The van der Waals surface area contributed by atoms with Gasteiger partial charge in [-0.05, 0) is 31.0 Å². The number of aromatic hydroxyl groups is 1. The molecule has 0 radical (unpaired) electrons. The van der Waals surface area contributed by atoms with E-state index < -0.39 is 12.3 Å². The van der Waals surface area contributed by atoms with Gasteiger partial charge >= 0.3 is 0 Å². The number of alkyl halides is 1. The molecule has 2 aliphatic heterocycles. The number of aryl methyl sites for hydroxylation is 1. The molecule has 2 N–H and O–H groups in total. The number of halogens is 2. The minimum absolute atomic E-state index is 0.0289. The lowest BCUT2D eigenvalue weighted by atomic mass is 9.84. The summed E-state index contributed by atoms with van der Waals surface area (Å²) in [6, 6.07) is 6.71. The van der Waals surface area contributed by atoms with Gasteiger partial charge in [-0.2, -0.15) is 5.10 Å². The van der Waals surface area contributed by atoms with Crippen LogP contribution < -0.4 is 10.1 Å². The van der Waals surface area contributed by atoms with Crippen molar-refractivity contribution < 1.29 is 14.2 Å². The first kappa shape index (κ1) is 20.2. The van der Waals surface area contributed by atoms with Gasteiger partial charge in [0.1, 0.15) is 11.9 Å². The van der Waals surface area contributed by atoms with Gasteiger partial charge in [0.25, 0.3) is 0 Å². The Morgan fingerprint density at radius 3 is 2.84 bits per heavy atom. The molecule has 31 heavy (non-hydrogen) atoms. The zero-order valence-electron chi connectivity index (χ0n) is 17.0. The Morgan fingerprint density at radius 1 is 1.23 bits per heavy atom. The number of hydrogen-bond acceptors (Lipinski definition) is 6. The fourth-order valence-corrected chi connectivity index (χ4v) is 4.78. The zero-order chi connectivity index (χ0) is 21.5. The van der Waals surface area contributed by atoms with Crippen LogP contribution in [0.2, 0.25) is 5.02 Å². The van der Waals surface area contributed by atoms with Gasteiger partial charge in [-0.3, -0.25) is 4.68 Å². The summed E-state index contributed by atoms with van der Waals surface area (Å²) in [5.74, 6) is 0.301. The van der Waals surface area contributed by atoms with E-state index in [4.69, 9.17) is 16.3 Å². The van der Waals surface area contributed by atoms with Crippen LogP contribution in [-0.4, -0.2) is 49.4 Å². The summed E-state index contributed by atoms with van der Waals surface area (Å²) in [6.45, 7) is 0. The van der Waals surface area contributed by atoms with Gasteiger partial charge in [-0.25, -0.2) is 4.39 Å². The number of nitrogens with one attached hydrogen (secondary N) is 1. The molecule has 5 rings (SSSR count). The molecular formula is C22H23ClFN5O2. The highest BCUT2D eigenvalue weighted by molar-refractivity contribution is 6.33. The maximum Gasteiger partial charge on any atom is 0.233 e. The van der Waals surface area contributed by atoms with Crippen molar-refractivity contribution in [2.75, 3.05) is 0 Å². The molecule has 0 aliphatic carbocycles. The zero-order valence-corrected chi connectivity index (χ0v) is 17.8. The number of nitrogens with zero attached hydrogens (tertiary/aromatic N) is 4. The summed E-state index contributed by atoms with van der Waals surface area (Å²) in [5, 5.41) is 26.8. The Labute approximate surface area is 184 Å². The van der Waals surface area contributed by atoms with Gasteiger partial charge in [-0.1, -0.05) is 18.0 Å². The number of piperidine rings is 2. The predicted molar refractivity (Wildman–Crippen MR) is 115 cm³/mol. The van der Waals surface area contributed by atoms with E-state index in [1.165, 1.54) is 0 Å². The second kappa shape index (κ2) is 8.09. The summed E-state index contributed by atoms with van der Waals surface area (Å²) >= 11 is 6.45. The van der Waals surface area contributed by atoms with E-state index >= 15 is 0 Å². The van der Waals surface area contributed by atoms with Gasteiger partial charge < -0.3 is 15.2 Å². The maximum atomic E-state index is 14.7. The van der Waals surface area contributed by atoms with Crippen molar-refractivity contribution in [1.82, 2.24) is 25.3 Å². The average Bonchev–Trinajstić information content (AvgIpc) is 3.20. The van der Waals surface area contributed by atoms with E-state index in [0.29, 0.717) is 34.3 Å². The average molecular weight is 444 g/mol. The molecule has 3 aromatic rings. The lowest BCUT2D eigenvalue weighted by Gasteiger charge is -2.42. The molecule has 9 heteroatoms. The normalized spacial score (nSPS) is 25.4. The van der Waals surface area contributed by atoms with Crippen LogP contribution in [0.3, 0.4) is 0 Å². The second-order valence-electron chi connectivity index (χ2n) is 8.25. The molecule has 2 aliphatic rings. The summed E-state index contributed by atoms with van der Waals surface area (Å²) in [7, 11) is 1.81. The SMILES string of the molecule is Cn1cc(-c2cc(O)c(-c3ccc(O[C@@H]4CC5CCCC(N5)[C@@H]4F)nn3)cc2Cl)cn1. The Kier molecular flexibility index (Phi) is 5.27. The highest BCUT2D eigenvalue weighted by atomic mass is 35.5. The lowest BCUT2D eigenvalue weighted by Crippen LogP contribution is -2.59. The Morgan fingerprint density at radius 2 is 2.10 bits per heavy atom. The minimum atomic E-state index is -1.07. The summed E-state index contributed by atoms with van der Waals surface area (Å²) < 4.78 is 22.2. The monoisotopic (exact) mass is 443 g/mol. The minimum Gasteiger partial charge on any atom is -0.507 e. The van der Waals surface area contributed by atoms with Gasteiger partial charge in [0, 0.05) is 59.5 Å². The molecule has 162 valence electrons. The number of phenolic OH excluding ortho intramolecular Hbond substituents is 1. The predicted octanol–water partition coefficient (Wildman–Crippen LogP) is 3.90. The van der Waals surface area contributed by atoms with E-state index in [2.05, 4.69) is 20.6 Å².